The quantitative estimate of drug-likeness (QED) is 0.651. The van der Waals surface area contributed by atoms with Crippen LogP contribution in [-0.2, 0) is 4.74 Å². The van der Waals surface area contributed by atoms with Gasteiger partial charge < -0.3 is 20.1 Å². The Kier molecular flexibility index (Phi) is 8.16. The van der Waals surface area contributed by atoms with Gasteiger partial charge in [0.15, 0.2) is 0 Å². The molecule has 120 valence electrons. The van der Waals surface area contributed by atoms with Gasteiger partial charge in [-0.3, -0.25) is 0 Å². The second kappa shape index (κ2) is 9.64. The van der Waals surface area contributed by atoms with Crippen molar-refractivity contribution in [3.63, 3.8) is 0 Å². The van der Waals surface area contributed by atoms with Gasteiger partial charge in [-0.15, -0.1) is 0 Å². The third kappa shape index (κ3) is 7.93. The Bertz CT molecular complexity index is 394. The molecule has 1 rings (SSSR count). The van der Waals surface area contributed by atoms with E-state index in [1.807, 2.05) is 26.2 Å². The van der Waals surface area contributed by atoms with Gasteiger partial charge in [0.25, 0.3) is 0 Å². The molecule has 0 aliphatic heterocycles. The van der Waals surface area contributed by atoms with Gasteiger partial charge in [0.2, 0.25) is 0 Å². The number of hydrogen-bond donors (Lipinski definition) is 2. The number of aliphatic hydroxyl groups is 1. The van der Waals surface area contributed by atoms with E-state index in [2.05, 4.69) is 36.2 Å². The fourth-order valence-corrected chi connectivity index (χ4v) is 2.00. The van der Waals surface area contributed by atoms with Crippen LogP contribution in [0.2, 0.25) is 0 Å². The monoisotopic (exact) mass is 294 g/mol. The first kappa shape index (κ1) is 17.8. The summed E-state index contributed by atoms with van der Waals surface area (Å²) in [5, 5.41) is 13.1. The summed E-state index contributed by atoms with van der Waals surface area (Å²) in [5.74, 6) is 0.712. The molecular formula is C17H30N2O2. The fourth-order valence-electron chi connectivity index (χ4n) is 2.00. The lowest BCUT2D eigenvalue weighted by atomic mass is 10.1. The number of benzene rings is 1. The van der Waals surface area contributed by atoms with Crippen molar-refractivity contribution in [3.8, 4) is 0 Å². The molecule has 2 N–H and O–H groups in total. The third-order valence-electron chi connectivity index (χ3n) is 3.28. The Hall–Kier alpha value is -1.26. The maximum atomic E-state index is 9.90. The van der Waals surface area contributed by atoms with Crippen molar-refractivity contribution >= 4 is 11.4 Å². The number of anilines is 2. The van der Waals surface area contributed by atoms with Crippen LogP contribution in [0.4, 0.5) is 11.4 Å². The van der Waals surface area contributed by atoms with Crippen molar-refractivity contribution in [2.24, 2.45) is 5.92 Å². The van der Waals surface area contributed by atoms with Gasteiger partial charge in [-0.2, -0.15) is 0 Å². The lowest BCUT2D eigenvalue weighted by Gasteiger charge is -2.16. The molecule has 0 aliphatic rings. The summed E-state index contributed by atoms with van der Waals surface area (Å²) in [6.07, 6.45) is 1.75. The van der Waals surface area contributed by atoms with Gasteiger partial charge in [-0.25, -0.2) is 0 Å². The fraction of sp³-hybridized carbons (Fsp3) is 0.647. The smallest absolute Gasteiger partial charge is 0.0945 e. The van der Waals surface area contributed by atoms with Crippen molar-refractivity contribution in [2.45, 2.75) is 32.8 Å². The molecule has 0 radical (unpaired) electrons. The molecule has 0 fully saturated rings. The van der Waals surface area contributed by atoms with Crippen LogP contribution in [0.5, 0.6) is 0 Å². The van der Waals surface area contributed by atoms with Crippen LogP contribution in [0.1, 0.15) is 26.7 Å². The lowest BCUT2D eigenvalue weighted by Crippen LogP contribution is -2.25. The summed E-state index contributed by atoms with van der Waals surface area (Å²) in [7, 11) is 4.03. The Labute approximate surface area is 129 Å². The second-order valence-electron chi connectivity index (χ2n) is 6.09. The first-order chi connectivity index (χ1) is 9.99. The maximum Gasteiger partial charge on any atom is 0.0945 e. The van der Waals surface area contributed by atoms with Crippen LogP contribution in [0.25, 0.3) is 0 Å². The molecule has 0 saturated carbocycles. The Morgan fingerprint density at radius 3 is 2.71 bits per heavy atom. The predicted octanol–water partition coefficient (Wildman–Crippen LogP) is 2.98. The minimum atomic E-state index is -0.480. The number of aliphatic hydroxyl groups excluding tert-OH is 1. The normalized spacial score (nSPS) is 12.5. The molecular weight excluding hydrogens is 264 g/mol. The molecule has 0 bridgehead atoms. The topological polar surface area (TPSA) is 44.7 Å². The van der Waals surface area contributed by atoms with Crippen molar-refractivity contribution in [3.05, 3.63) is 24.3 Å². The van der Waals surface area contributed by atoms with E-state index >= 15 is 0 Å². The number of rotatable bonds is 10. The minimum Gasteiger partial charge on any atom is -0.389 e. The standard InChI is InChI=1S/C17H30N2O2/c1-14(2)7-6-10-21-13-17(20)12-18-15-8-5-9-16(11-15)19(3)4/h5,8-9,11,14,17-18,20H,6-7,10,12-13H2,1-4H3. The van der Waals surface area contributed by atoms with Crippen molar-refractivity contribution < 1.29 is 9.84 Å². The molecule has 1 atom stereocenters. The molecule has 0 aromatic heterocycles. The Balaban J connectivity index is 2.20. The zero-order valence-corrected chi connectivity index (χ0v) is 13.8. The van der Waals surface area contributed by atoms with E-state index in [1.165, 1.54) is 6.42 Å². The van der Waals surface area contributed by atoms with Crippen LogP contribution in [-0.4, -0.2) is 45.1 Å². The highest BCUT2D eigenvalue weighted by atomic mass is 16.5. The second-order valence-corrected chi connectivity index (χ2v) is 6.09. The van der Waals surface area contributed by atoms with E-state index in [-0.39, 0.29) is 0 Å². The lowest BCUT2D eigenvalue weighted by molar-refractivity contribution is 0.0409. The van der Waals surface area contributed by atoms with Crippen molar-refractivity contribution in [1.29, 1.82) is 0 Å². The molecule has 0 heterocycles. The van der Waals surface area contributed by atoms with E-state index in [0.29, 0.717) is 19.1 Å². The molecule has 4 nitrogen and oxygen atoms in total. The highest BCUT2D eigenvalue weighted by Crippen LogP contribution is 2.17. The number of ether oxygens (including phenoxy) is 1. The van der Waals surface area contributed by atoms with Crippen LogP contribution >= 0.6 is 0 Å². The maximum absolute atomic E-state index is 9.90. The third-order valence-corrected chi connectivity index (χ3v) is 3.28. The van der Waals surface area contributed by atoms with Gasteiger partial charge in [0.05, 0.1) is 12.7 Å². The summed E-state index contributed by atoms with van der Waals surface area (Å²) in [5.41, 5.74) is 2.15. The van der Waals surface area contributed by atoms with Crippen LogP contribution in [0, 0.1) is 5.92 Å². The first-order valence-corrected chi connectivity index (χ1v) is 7.76. The van der Waals surface area contributed by atoms with Gasteiger partial charge in [0.1, 0.15) is 0 Å². The number of nitrogens with one attached hydrogen (secondary N) is 1. The summed E-state index contributed by atoms with van der Waals surface area (Å²) >= 11 is 0. The van der Waals surface area contributed by atoms with E-state index in [0.717, 1.165) is 24.4 Å². The SMILES string of the molecule is CC(C)CCCOCC(O)CNc1cccc(N(C)C)c1. The van der Waals surface area contributed by atoms with Gasteiger partial charge in [-0.05, 0) is 37.0 Å². The minimum absolute atomic E-state index is 0.387. The van der Waals surface area contributed by atoms with Crippen molar-refractivity contribution in [2.75, 3.05) is 44.1 Å². The summed E-state index contributed by atoms with van der Waals surface area (Å²) in [6.45, 7) is 6.03. The van der Waals surface area contributed by atoms with E-state index in [1.54, 1.807) is 0 Å². The van der Waals surface area contributed by atoms with Crippen LogP contribution < -0.4 is 10.2 Å². The van der Waals surface area contributed by atoms with Crippen molar-refractivity contribution in [1.82, 2.24) is 0 Å². The molecule has 1 unspecified atom stereocenters. The van der Waals surface area contributed by atoms with Crippen LogP contribution in [0.3, 0.4) is 0 Å². The summed E-state index contributed by atoms with van der Waals surface area (Å²) < 4.78 is 5.50. The largest absolute Gasteiger partial charge is 0.389 e. The molecule has 4 heteroatoms. The predicted molar refractivity (Wildman–Crippen MR) is 90.2 cm³/mol. The average molecular weight is 294 g/mol. The molecule has 0 aliphatic carbocycles. The highest BCUT2D eigenvalue weighted by Gasteiger charge is 2.05. The van der Waals surface area contributed by atoms with Gasteiger partial charge in [0, 0.05) is 38.6 Å². The van der Waals surface area contributed by atoms with Gasteiger partial charge >= 0.3 is 0 Å². The zero-order valence-electron chi connectivity index (χ0n) is 13.8. The molecule has 0 saturated heterocycles. The molecule has 0 amide bonds. The van der Waals surface area contributed by atoms with E-state index in [4.69, 9.17) is 4.74 Å². The number of hydrogen-bond acceptors (Lipinski definition) is 4. The van der Waals surface area contributed by atoms with Gasteiger partial charge in [-0.1, -0.05) is 19.9 Å². The molecule has 1 aromatic rings. The molecule has 1 aromatic carbocycles. The van der Waals surface area contributed by atoms with E-state index < -0.39 is 6.10 Å². The molecule has 21 heavy (non-hydrogen) atoms. The zero-order chi connectivity index (χ0) is 15.7. The Morgan fingerprint density at radius 2 is 2.05 bits per heavy atom. The number of nitrogens with zero attached hydrogens (tertiary/aromatic N) is 1. The first-order valence-electron chi connectivity index (χ1n) is 7.76. The average Bonchev–Trinajstić information content (AvgIpc) is 2.44. The molecule has 0 spiro atoms. The highest BCUT2D eigenvalue weighted by molar-refractivity contribution is 5.57. The summed E-state index contributed by atoms with van der Waals surface area (Å²) in [4.78, 5) is 2.06. The van der Waals surface area contributed by atoms with E-state index in [9.17, 15) is 5.11 Å². The Morgan fingerprint density at radius 1 is 1.29 bits per heavy atom. The van der Waals surface area contributed by atoms with Crippen LogP contribution in [0.15, 0.2) is 24.3 Å². The summed E-state index contributed by atoms with van der Waals surface area (Å²) in [6, 6.07) is 8.13.